The lowest BCUT2D eigenvalue weighted by Gasteiger charge is -2.38. The predicted octanol–water partition coefficient (Wildman–Crippen LogP) is 3.59. The minimum absolute atomic E-state index is 0.630. The quantitative estimate of drug-likeness (QED) is 0.685. The van der Waals surface area contributed by atoms with Crippen LogP contribution in [0, 0.1) is 0 Å². The van der Waals surface area contributed by atoms with E-state index >= 15 is 0 Å². The van der Waals surface area contributed by atoms with Crippen molar-refractivity contribution in [1.82, 2.24) is 19.8 Å². The lowest BCUT2D eigenvalue weighted by atomic mass is 10.1. The van der Waals surface area contributed by atoms with Gasteiger partial charge in [-0.25, -0.2) is 0 Å². The third-order valence-corrected chi connectivity index (χ3v) is 6.65. The summed E-state index contributed by atoms with van der Waals surface area (Å²) >= 11 is 0. The Balaban J connectivity index is 1.33. The van der Waals surface area contributed by atoms with Crippen LogP contribution in [0.4, 0.5) is 5.69 Å². The van der Waals surface area contributed by atoms with Gasteiger partial charge in [0.1, 0.15) is 0 Å². The molecule has 1 aromatic carbocycles. The second kappa shape index (κ2) is 8.99. The molecule has 2 aliphatic heterocycles. The molecular formula is C25H33N5O. The number of piperazine rings is 1. The molecule has 6 heteroatoms. The Morgan fingerprint density at radius 1 is 0.968 bits per heavy atom. The number of aromatic amines is 1. The molecule has 0 radical (unpaired) electrons. The molecule has 4 heterocycles. The van der Waals surface area contributed by atoms with Crippen LogP contribution >= 0.6 is 0 Å². The lowest BCUT2D eigenvalue weighted by molar-refractivity contribution is 0.0337. The summed E-state index contributed by atoms with van der Waals surface area (Å²) in [5, 5.41) is 1.20. The molecule has 2 fully saturated rings. The summed E-state index contributed by atoms with van der Waals surface area (Å²) in [4.78, 5) is 15.8. The first-order valence-electron chi connectivity index (χ1n) is 11.5. The second-order valence-electron chi connectivity index (χ2n) is 8.97. The molecule has 0 atom stereocenters. The van der Waals surface area contributed by atoms with Crippen LogP contribution in [0.1, 0.15) is 19.5 Å². The van der Waals surface area contributed by atoms with E-state index in [2.05, 4.69) is 69.9 Å². The van der Waals surface area contributed by atoms with Crippen LogP contribution in [-0.2, 0) is 11.3 Å². The number of hydrogen-bond acceptors (Lipinski definition) is 5. The Hall–Kier alpha value is -2.41. The van der Waals surface area contributed by atoms with Crippen LogP contribution in [0.3, 0.4) is 0 Å². The first kappa shape index (κ1) is 20.5. The number of H-pyrrole nitrogens is 1. The number of fused-ring (bicyclic) bond motifs is 1. The first-order chi connectivity index (χ1) is 15.2. The van der Waals surface area contributed by atoms with E-state index in [1.54, 1.807) is 0 Å². The summed E-state index contributed by atoms with van der Waals surface area (Å²) in [6.07, 6.45) is 1.91. The van der Waals surface area contributed by atoms with Gasteiger partial charge in [0, 0.05) is 85.9 Å². The highest BCUT2D eigenvalue weighted by Crippen LogP contribution is 2.29. The maximum Gasteiger partial charge on any atom is 0.0795 e. The fraction of sp³-hybridized carbons (Fsp3) is 0.480. The Bertz CT molecular complexity index is 998. The number of anilines is 1. The number of nitrogens with one attached hydrogen (secondary N) is 1. The van der Waals surface area contributed by atoms with Crippen LogP contribution in [-0.4, -0.2) is 78.3 Å². The largest absolute Gasteiger partial charge is 0.379 e. The molecule has 164 valence electrons. The molecule has 0 aliphatic carbocycles. The number of nitrogens with zero attached hydrogens (tertiary/aromatic N) is 4. The predicted molar refractivity (Wildman–Crippen MR) is 127 cm³/mol. The van der Waals surface area contributed by atoms with Crippen molar-refractivity contribution in [2.75, 3.05) is 57.4 Å². The van der Waals surface area contributed by atoms with Gasteiger partial charge >= 0.3 is 0 Å². The summed E-state index contributed by atoms with van der Waals surface area (Å²) < 4.78 is 5.47. The fourth-order valence-electron chi connectivity index (χ4n) is 4.75. The zero-order valence-electron chi connectivity index (χ0n) is 18.7. The highest BCUT2D eigenvalue weighted by Gasteiger charge is 2.19. The van der Waals surface area contributed by atoms with Crippen LogP contribution in [0.15, 0.2) is 42.6 Å². The molecule has 0 saturated carbocycles. The van der Waals surface area contributed by atoms with Crippen molar-refractivity contribution in [1.29, 1.82) is 0 Å². The molecule has 3 aromatic rings. The third-order valence-electron chi connectivity index (χ3n) is 6.65. The molecular weight excluding hydrogens is 386 g/mol. The van der Waals surface area contributed by atoms with Gasteiger partial charge in [-0.05, 0) is 38.1 Å². The average molecular weight is 420 g/mol. The van der Waals surface area contributed by atoms with Gasteiger partial charge in [0.15, 0.2) is 0 Å². The fourth-order valence-corrected chi connectivity index (χ4v) is 4.75. The lowest BCUT2D eigenvalue weighted by Crippen LogP contribution is -2.48. The zero-order chi connectivity index (χ0) is 21.2. The van der Waals surface area contributed by atoms with Crippen molar-refractivity contribution < 1.29 is 4.74 Å². The van der Waals surface area contributed by atoms with Gasteiger partial charge in [-0.1, -0.05) is 12.1 Å². The normalized spacial score (nSPS) is 18.9. The Morgan fingerprint density at radius 3 is 2.42 bits per heavy atom. The summed E-state index contributed by atoms with van der Waals surface area (Å²) in [5.41, 5.74) is 5.93. The number of aromatic nitrogens is 2. The molecule has 1 N–H and O–H groups in total. The van der Waals surface area contributed by atoms with Crippen LogP contribution < -0.4 is 4.90 Å². The van der Waals surface area contributed by atoms with E-state index in [0.29, 0.717) is 6.04 Å². The molecule has 2 aromatic heterocycles. The average Bonchev–Trinajstić information content (AvgIpc) is 3.22. The molecule has 0 unspecified atom stereocenters. The Morgan fingerprint density at radius 2 is 1.71 bits per heavy atom. The van der Waals surface area contributed by atoms with Crippen molar-refractivity contribution in [3.05, 3.63) is 48.3 Å². The molecule has 5 rings (SSSR count). The van der Waals surface area contributed by atoms with E-state index in [0.717, 1.165) is 70.2 Å². The molecule has 31 heavy (non-hydrogen) atoms. The first-order valence-corrected chi connectivity index (χ1v) is 11.5. The summed E-state index contributed by atoms with van der Waals surface area (Å²) in [7, 11) is 0. The van der Waals surface area contributed by atoms with Crippen molar-refractivity contribution >= 4 is 16.6 Å². The highest BCUT2D eigenvalue weighted by molar-refractivity contribution is 5.93. The molecule has 2 aliphatic rings. The van der Waals surface area contributed by atoms with Gasteiger partial charge in [-0.2, -0.15) is 0 Å². The zero-order valence-corrected chi connectivity index (χ0v) is 18.7. The number of hydrogen-bond donors (Lipinski definition) is 1. The molecule has 6 nitrogen and oxygen atoms in total. The number of morpholine rings is 1. The minimum Gasteiger partial charge on any atom is -0.379 e. The number of benzene rings is 1. The van der Waals surface area contributed by atoms with Crippen LogP contribution in [0.5, 0.6) is 0 Å². The van der Waals surface area contributed by atoms with E-state index in [-0.39, 0.29) is 0 Å². The van der Waals surface area contributed by atoms with Crippen LogP contribution in [0.2, 0.25) is 0 Å². The Kier molecular flexibility index (Phi) is 5.94. The molecule has 0 amide bonds. The van der Waals surface area contributed by atoms with E-state index in [4.69, 9.17) is 9.72 Å². The van der Waals surface area contributed by atoms with Gasteiger partial charge in [-0.15, -0.1) is 0 Å². The molecule has 0 bridgehead atoms. The van der Waals surface area contributed by atoms with Gasteiger partial charge < -0.3 is 14.6 Å². The van der Waals surface area contributed by atoms with E-state index < -0.39 is 0 Å². The van der Waals surface area contributed by atoms with Crippen molar-refractivity contribution in [3.63, 3.8) is 0 Å². The second-order valence-corrected chi connectivity index (χ2v) is 8.97. The summed E-state index contributed by atoms with van der Waals surface area (Å²) in [6, 6.07) is 13.9. The Labute approximate surface area is 184 Å². The number of ether oxygens (including phenoxy) is 1. The minimum atomic E-state index is 0.630. The standard InChI is InChI=1S/C25H33N5O/c1-19(2)29-9-11-30(12-10-29)22-5-3-20(4-6-22)25-23-17-21(27-24(23)7-8-26-25)18-28-13-15-31-16-14-28/h3-8,17,19,27H,9-16,18H2,1-2H3. The third kappa shape index (κ3) is 4.47. The molecule has 0 spiro atoms. The van der Waals surface area contributed by atoms with Crippen molar-refractivity contribution in [3.8, 4) is 11.3 Å². The molecule has 2 saturated heterocycles. The topological polar surface area (TPSA) is 47.6 Å². The maximum atomic E-state index is 5.47. The van der Waals surface area contributed by atoms with Crippen LogP contribution in [0.25, 0.3) is 22.2 Å². The summed E-state index contributed by atoms with van der Waals surface area (Å²) in [6.45, 7) is 13.6. The van der Waals surface area contributed by atoms with Gasteiger partial charge in [-0.3, -0.25) is 14.8 Å². The number of rotatable bonds is 5. The SMILES string of the molecule is CC(C)N1CCN(c2ccc(-c3nccc4[nH]c(CN5CCOCC5)cc34)cc2)CC1. The van der Waals surface area contributed by atoms with Gasteiger partial charge in [0.25, 0.3) is 0 Å². The summed E-state index contributed by atoms with van der Waals surface area (Å²) in [5.74, 6) is 0. The maximum absolute atomic E-state index is 5.47. The number of pyridine rings is 1. The van der Waals surface area contributed by atoms with Gasteiger partial charge in [0.2, 0.25) is 0 Å². The highest BCUT2D eigenvalue weighted by atomic mass is 16.5. The van der Waals surface area contributed by atoms with E-state index in [1.165, 1.54) is 22.3 Å². The van der Waals surface area contributed by atoms with Crippen molar-refractivity contribution in [2.24, 2.45) is 0 Å². The monoisotopic (exact) mass is 419 g/mol. The smallest absolute Gasteiger partial charge is 0.0795 e. The van der Waals surface area contributed by atoms with E-state index in [9.17, 15) is 0 Å². The van der Waals surface area contributed by atoms with E-state index in [1.807, 2.05) is 6.20 Å². The van der Waals surface area contributed by atoms with Gasteiger partial charge in [0.05, 0.1) is 18.9 Å². The van der Waals surface area contributed by atoms with Crippen molar-refractivity contribution in [2.45, 2.75) is 26.4 Å².